The van der Waals surface area contributed by atoms with E-state index >= 15 is 0 Å². The first-order chi connectivity index (χ1) is 10.1. The normalized spacial score (nSPS) is 27.2. The Balaban J connectivity index is 1.46. The number of aliphatic hydroxyl groups is 2. The van der Waals surface area contributed by atoms with Crippen LogP contribution in [-0.4, -0.2) is 58.7 Å². The van der Waals surface area contributed by atoms with Gasteiger partial charge in [-0.15, -0.1) is 0 Å². The Morgan fingerprint density at radius 2 is 2.00 bits per heavy atom. The average molecular weight is 293 g/mol. The van der Waals surface area contributed by atoms with Gasteiger partial charge in [-0.05, 0) is 5.56 Å². The van der Waals surface area contributed by atoms with Crippen LogP contribution in [0.3, 0.4) is 0 Å². The molecule has 21 heavy (non-hydrogen) atoms. The minimum Gasteiger partial charge on any atom is -0.445 e. The number of carbonyl (C=O) groups is 1. The van der Waals surface area contributed by atoms with E-state index in [-0.39, 0.29) is 19.3 Å². The molecule has 2 saturated heterocycles. The number of aliphatic hydroxyl groups excluding tert-OH is 2. The molecule has 1 amide bonds. The van der Waals surface area contributed by atoms with E-state index < -0.39 is 17.8 Å². The lowest BCUT2D eigenvalue weighted by Gasteiger charge is -2.52. The molecule has 2 N–H and O–H groups in total. The number of carbonyl (C=O) groups excluding carboxylic acids is 1. The quantitative estimate of drug-likeness (QED) is 0.831. The standard InChI is InChI=1S/C15H19NO5/c17-12-6-15(21-8-13(12)18)9-16(10-15)14(19)20-7-11-4-2-1-3-5-11/h1-5,12-13,17-18H,6-10H2/t12-,13+/m0/s1. The number of nitrogens with zero attached hydrogens (tertiary/aromatic N) is 1. The van der Waals surface area contributed by atoms with Crippen molar-refractivity contribution in [3.05, 3.63) is 35.9 Å². The summed E-state index contributed by atoms with van der Waals surface area (Å²) in [5, 5.41) is 19.1. The van der Waals surface area contributed by atoms with Gasteiger partial charge in [0, 0.05) is 6.42 Å². The van der Waals surface area contributed by atoms with Crippen molar-refractivity contribution >= 4 is 6.09 Å². The van der Waals surface area contributed by atoms with Gasteiger partial charge in [0.1, 0.15) is 18.3 Å². The largest absolute Gasteiger partial charge is 0.445 e. The number of benzene rings is 1. The number of ether oxygens (including phenoxy) is 2. The molecule has 2 aliphatic rings. The second-order valence-corrected chi connectivity index (χ2v) is 5.73. The summed E-state index contributed by atoms with van der Waals surface area (Å²) >= 11 is 0. The van der Waals surface area contributed by atoms with Crippen LogP contribution >= 0.6 is 0 Å². The van der Waals surface area contributed by atoms with Gasteiger partial charge in [-0.1, -0.05) is 30.3 Å². The molecule has 6 heteroatoms. The molecule has 0 aromatic heterocycles. The van der Waals surface area contributed by atoms with E-state index in [1.54, 1.807) is 4.90 Å². The highest BCUT2D eigenvalue weighted by atomic mass is 16.6. The molecule has 0 saturated carbocycles. The fraction of sp³-hybridized carbons (Fsp3) is 0.533. The van der Waals surface area contributed by atoms with Gasteiger partial charge in [0.15, 0.2) is 0 Å². The number of amides is 1. The predicted molar refractivity (Wildman–Crippen MR) is 73.5 cm³/mol. The van der Waals surface area contributed by atoms with Crippen LogP contribution in [0.1, 0.15) is 12.0 Å². The molecule has 2 aliphatic heterocycles. The van der Waals surface area contributed by atoms with Gasteiger partial charge in [0.05, 0.1) is 25.8 Å². The number of rotatable bonds is 2. The Morgan fingerprint density at radius 1 is 1.29 bits per heavy atom. The van der Waals surface area contributed by atoms with Crippen LogP contribution in [0.4, 0.5) is 4.79 Å². The van der Waals surface area contributed by atoms with Gasteiger partial charge in [-0.25, -0.2) is 4.79 Å². The molecule has 3 rings (SSSR count). The van der Waals surface area contributed by atoms with Gasteiger partial charge in [0.2, 0.25) is 0 Å². The van der Waals surface area contributed by atoms with E-state index in [2.05, 4.69) is 0 Å². The van der Waals surface area contributed by atoms with Crippen LogP contribution in [0.15, 0.2) is 30.3 Å². The molecule has 1 aromatic carbocycles. The van der Waals surface area contributed by atoms with Crippen LogP contribution in [0.2, 0.25) is 0 Å². The van der Waals surface area contributed by atoms with Crippen LogP contribution in [0.25, 0.3) is 0 Å². The summed E-state index contributed by atoms with van der Waals surface area (Å²) in [7, 11) is 0. The molecule has 0 aliphatic carbocycles. The lowest BCUT2D eigenvalue weighted by Crippen LogP contribution is -2.68. The van der Waals surface area contributed by atoms with E-state index in [9.17, 15) is 15.0 Å². The Labute approximate surface area is 122 Å². The van der Waals surface area contributed by atoms with Crippen molar-refractivity contribution in [3.8, 4) is 0 Å². The smallest absolute Gasteiger partial charge is 0.410 e. The van der Waals surface area contributed by atoms with Crippen LogP contribution in [0.5, 0.6) is 0 Å². The third kappa shape index (κ3) is 3.02. The summed E-state index contributed by atoms with van der Waals surface area (Å²) in [6.07, 6.45) is -1.67. The van der Waals surface area contributed by atoms with Gasteiger partial charge in [-0.2, -0.15) is 0 Å². The summed E-state index contributed by atoms with van der Waals surface area (Å²) in [6, 6.07) is 9.49. The zero-order valence-corrected chi connectivity index (χ0v) is 11.6. The average Bonchev–Trinajstić information content (AvgIpc) is 2.46. The van der Waals surface area contributed by atoms with Gasteiger partial charge >= 0.3 is 6.09 Å². The second kappa shape index (κ2) is 5.63. The zero-order valence-electron chi connectivity index (χ0n) is 11.6. The van der Waals surface area contributed by atoms with Crippen molar-refractivity contribution in [2.75, 3.05) is 19.7 Å². The van der Waals surface area contributed by atoms with Gasteiger partial charge in [0.25, 0.3) is 0 Å². The molecule has 2 atom stereocenters. The molecular formula is C15H19NO5. The highest BCUT2D eigenvalue weighted by molar-refractivity contribution is 5.69. The minimum absolute atomic E-state index is 0.105. The summed E-state index contributed by atoms with van der Waals surface area (Å²) in [4.78, 5) is 13.5. The van der Waals surface area contributed by atoms with E-state index in [4.69, 9.17) is 9.47 Å². The lowest BCUT2D eigenvalue weighted by atomic mass is 9.84. The van der Waals surface area contributed by atoms with Crippen LogP contribution in [-0.2, 0) is 16.1 Å². The van der Waals surface area contributed by atoms with Gasteiger partial charge < -0.3 is 24.6 Å². The SMILES string of the molecule is O=C(OCc1ccccc1)N1CC2(C[C@H](O)[C@H](O)CO2)C1. The van der Waals surface area contributed by atoms with E-state index in [1.165, 1.54) is 0 Å². The van der Waals surface area contributed by atoms with E-state index in [1.807, 2.05) is 30.3 Å². The first kappa shape index (κ1) is 14.3. The lowest BCUT2D eigenvalue weighted by molar-refractivity contribution is -0.215. The fourth-order valence-corrected chi connectivity index (χ4v) is 2.76. The van der Waals surface area contributed by atoms with Crippen LogP contribution < -0.4 is 0 Å². The first-order valence-electron chi connectivity index (χ1n) is 7.04. The van der Waals surface area contributed by atoms with Crippen molar-refractivity contribution in [3.63, 3.8) is 0 Å². The maximum absolute atomic E-state index is 11.9. The van der Waals surface area contributed by atoms with Crippen molar-refractivity contribution in [2.45, 2.75) is 30.8 Å². The topological polar surface area (TPSA) is 79.2 Å². The Hall–Kier alpha value is -1.63. The third-order valence-corrected chi connectivity index (χ3v) is 4.01. The van der Waals surface area contributed by atoms with Crippen molar-refractivity contribution in [1.29, 1.82) is 0 Å². The van der Waals surface area contributed by atoms with E-state index in [0.717, 1.165) is 5.56 Å². The number of hydrogen-bond donors (Lipinski definition) is 2. The zero-order chi connectivity index (χ0) is 14.9. The summed E-state index contributed by atoms with van der Waals surface area (Å²) in [5.74, 6) is 0. The van der Waals surface area contributed by atoms with Crippen molar-refractivity contribution in [1.82, 2.24) is 4.90 Å². The monoisotopic (exact) mass is 293 g/mol. The number of hydrogen-bond acceptors (Lipinski definition) is 5. The Bertz CT molecular complexity index is 500. The summed E-state index contributed by atoms with van der Waals surface area (Å²) in [5.41, 5.74) is 0.415. The molecule has 0 unspecified atom stereocenters. The maximum Gasteiger partial charge on any atom is 0.410 e. The molecule has 6 nitrogen and oxygen atoms in total. The second-order valence-electron chi connectivity index (χ2n) is 5.73. The van der Waals surface area contributed by atoms with Crippen molar-refractivity contribution < 1.29 is 24.5 Å². The minimum atomic E-state index is -0.838. The van der Waals surface area contributed by atoms with E-state index in [0.29, 0.717) is 19.5 Å². The molecule has 1 spiro atoms. The third-order valence-electron chi connectivity index (χ3n) is 4.01. The first-order valence-corrected chi connectivity index (χ1v) is 7.04. The highest BCUT2D eigenvalue weighted by Gasteiger charge is 2.51. The van der Waals surface area contributed by atoms with Gasteiger partial charge in [-0.3, -0.25) is 0 Å². The fourth-order valence-electron chi connectivity index (χ4n) is 2.76. The molecule has 1 aromatic rings. The number of likely N-dealkylation sites (tertiary alicyclic amines) is 1. The molecule has 0 radical (unpaired) electrons. The summed E-state index contributed by atoms with van der Waals surface area (Å²) < 4.78 is 10.8. The molecule has 114 valence electrons. The summed E-state index contributed by atoms with van der Waals surface area (Å²) in [6.45, 7) is 1.13. The Morgan fingerprint density at radius 3 is 2.67 bits per heavy atom. The molecular weight excluding hydrogens is 274 g/mol. The molecule has 2 heterocycles. The maximum atomic E-state index is 11.9. The Kier molecular flexibility index (Phi) is 3.84. The van der Waals surface area contributed by atoms with Crippen molar-refractivity contribution in [2.24, 2.45) is 0 Å². The molecule has 0 bridgehead atoms. The highest BCUT2D eigenvalue weighted by Crippen LogP contribution is 2.34. The van der Waals surface area contributed by atoms with Crippen LogP contribution in [0, 0.1) is 0 Å². The molecule has 2 fully saturated rings. The predicted octanol–water partition coefficient (Wildman–Crippen LogP) is 0.520.